The molecule has 1 amide bonds. The zero-order chi connectivity index (χ0) is 17.4. The molecule has 10 heteroatoms. The monoisotopic (exact) mass is 333 g/mol. The Labute approximate surface area is 131 Å². The molecule has 0 aromatic heterocycles. The normalized spacial score (nSPS) is 37.5. The predicted molar refractivity (Wildman–Crippen MR) is 70.6 cm³/mol. The van der Waals surface area contributed by atoms with Gasteiger partial charge in [-0.15, -0.1) is 0 Å². The minimum absolute atomic E-state index is 0.436. The number of carbonyl (C=O) groups is 3. The Balaban J connectivity index is 2.37. The number of ether oxygens (including phenoxy) is 3. The summed E-state index contributed by atoms with van der Waals surface area (Å²) in [6.07, 6.45) is -5.78. The highest BCUT2D eigenvalue weighted by Crippen LogP contribution is 2.39. The van der Waals surface area contributed by atoms with Gasteiger partial charge in [0, 0.05) is 13.8 Å². The van der Waals surface area contributed by atoms with Gasteiger partial charge in [-0.25, -0.2) is 4.79 Å². The van der Waals surface area contributed by atoms with E-state index in [1.54, 1.807) is 0 Å². The highest BCUT2D eigenvalue weighted by Gasteiger charge is 2.62. The van der Waals surface area contributed by atoms with E-state index in [1.165, 1.54) is 6.92 Å². The van der Waals surface area contributed by atoms with Crippen LogP contribution in [0.25, 0.3) is 0 Å². The van der Waals surface area contributed by atoms with Crippen LogP contribution in [-0.4, -0.2) is 76.0 Å². The molecule has 2 aliphatic rings. The van der Waals surface area contributed by atoms with E-state index in [1.807, 2.05) is 0 Å². The lowest BCUT2D eigenvalue weighted by molar-refractivity contribution is -0.333. The highest BCUT2D eigenvalue weighted by atomic mass is 16.8. The molecule has 23 heavy (non-hydrogen) atoms. The first kappa shape index (κ1) is 17.6. The van der Waals surface area contributed by atoms with Gasteiger partial charge in [0.1, 0.15) is 12.2 Å². The number of carbonyl (C=O) groups excluding carboxylic acids is 3. The van der Waals surface area contributed by atoms with Crippen LogP contribution in [0.5, 0.6) is 0 Å². The van der Waals surface area contributed by atoms with E-state index >= 15 is 0 Å². The summed E-state index contributed by atoms with van der Waals surface area (Å²) in [4.78, 5) is 34.7. The third-order valence-corrected chi connectivity index (χ3v) is 3.70. The number of fused-ring (bicyclic) bond motifs is 2. The van der Waals surface area contributed by atoms with Crippen molar-refractivity contribution in [1.82, 2.24) is 5.32 Å². The van der Waals surface area contributed by atoms with E-state index in [-0.39, 0.29) is 0 Å². The Kier molecular flexibility index (Phi) is 4.90. The summed E-state index contributed by atoms with van der Waals surface area (Å²) in [6, 6.07) is -1.02. The Morgan fingerprint density at radius 2 is 2.13 bits per heavy atom. The summed E-state index contributed by atoms with van der Waals surface area (Å²) in [6.45, 7) is 1.54. The lowest BCUT2D eigenvalue weighted by Gasteiger charge is -2.51. The lowest BCUT2D eigenvalue weighted by atomic mass is 9.86. The molecule has 0 aromatic carbocycles. The summed E-state index contributed by atoms with van der Waals surface area (Å²) < 4.78 is 15.4. The van der Waals surface area contributed by atoms with Crippen LogP contribution < -0.4 is 5.32 Å². The van der Waals surface area contributed by atoms with Gasteiger partial charge in [-0.05, 0) is 0 Å². The maximum Gasteiger partial charge on any atom is 0.380 e. The van der Waals surface area contributed by atoms with Crippen LogP contribution in [-0.2, 0) is 28.6 Å². The fourth-order valence-corrected chi connectivity index (χ4v) is 2.80. The lowest BCUT2D eigenvalue weighted by Crippen LogP contribution is -2.72. The third-order valence-electron chi connectivity index (χ3n) is 3.70. The number of rotatable bonds is 4. The smallest absolute Gasteiger partial charge is 0.380 e. The average molecular weight is 333 g/mol. The number of hydrogen-bond donors (Lipinski definition) is 4. The van der Waals surface area contributed by atoms with Crippen molar-refractivity contribution in [3.8, 4) is 0 Å². The van der Waals surface area contributed by atoms with Gasteiger partial charge in [-0.3, -0.25) is 9.59 Å². The van der Waals surface area contributed by atoms with Gasteiger partial charge in [0.2, 0.25) is 5.91 Å². The van der Waals surface area contributed by atoms with Gasteiger partial charge in [-0.1, -0.05) is 0 Å². The van der Waals surface area contributed by atoms with Gasteiger partial charge in [0.25, 0.3) is 0 Å². The standard InChI is InChI=1S/C13H19NO9/c1-5(16)14-9-7(18)3-13(22-6(2)17)12(20)21-10(8(19)4-15)11(9)23-13/h7-11,15,18-19H,3-4H2,1-2H3,(H,14,16)/t7-,8+,9+,10+,11+,13-/m0/s1. The van der Waals surface area contributed by atoms with Crippen molar-refractivity contribution in [3.05, 3.63) is 0 Å². The van der Waals surface area contributed by atoms with Gasteiger partial charge in [0.15, 0.2) is 6.10 Å². The fraction of sp³-hybridized carbons (Fsp3) is 0.769. The van der Waals surface area contributed by atoms with E-state index in [2.05, 4.69) is 5.32 Å². The minimum atomic E-state index is -2.14. The molecule has 4 N–H and O–H groups in total. The summed E-state index contributed by atoms with van der Waals surface area (Å²) in [5.41, 5.74) is 0. The Morgan fingerprint density at radius 3 is 2.65 bits per heavy atom. The number of nitrogens with one attached hydrogen (secondary N) is 1. The van der Waals surface area contributed by atoms with E-state index in [0.29, 0.717) is 0 Å². The topological polar surface area (TPSA) is 152 Å². The van der Waals surface area contributed by atoms with Crippen molar-refractivity contribution in [2.45, 2.75) is 56.5 Å². The number of hydrogen-bond acceptors (Lipinski definition) is 9. The van der Waals surface area contributed by atoms with Gasteiger partial charge in [-0.2, -0.15) is 0 Å². The third kappa shape index (κ3) is 3.29. The first-order chi connectivity index (χ1) is 10.7. The van der Waals surface area contributed by atoms with Gasteiger partial charge < -0.3 is 34.8 Å². The van der Waals surface area contributed by atoms with Crippen LogP contribution in [0.4, 0.5) is 0 Å². The molecule has 0 spiro atoms. The van der Waals surface area contributed by atoms with E-state index in [9.17, 15) is 24.6 Å². The van der Waals surface area contributed by atoms with E-state index in [4.69, 9.17) is 19.3 Å². The van der Waals surface area contributed by atoms with Crippen LogP contribution in [0, 0.1) is 0 Å². The van der Waals surface area contributed by atoms with Crippen LogP contribution in [0.15, 0.2) is 0 Å². The Bertz CT molecular complexity index is 508. The number of aliphatic hydroxyl groups is 3. The molecule has 0 radical (unpaired) electrons. The molecule has 2 bridgehead atoms. The molecular weight excluding hydrogens is 314 g/mol. The molecule has 2 rings (SSSR count). The van der Waals surface area contributed by atoms with Crippen molar-refractivity contribution >= 4 is 17.8 Å². The molecule has 6 atom stereocenters. The molecular formula is C13H19NO9. The van der Waals surface area contributed by atoms with E-state index < -0.39 is 67.1 Å². The molecule has 0 aliphatic carbocycles. The zero-order valence-corrected chi connectivity index (χ0v) is 12.6. The Morgan fingerprint density at radius 1 is 1.48 bits per heavy atom. The molecule has 0 saturated carbocycles. The maximum absolute atomic E-state index is 12.2. The molecule has 2 saturated heterocycles. The molecule has 0 unspecified atom stereocenters. The predicted octanol–water partition coefficient (Wildman–Crippen LogP) is -2.82. The van der Waals surface area contributed by atoms with Crippen molar-refractivity contribution < 1.29 is 43.9 Å². The fourth-order valence-electron chi connectivity index (χ4n) is 2.80. The average Bonchev–Trinajstić information content (AvgIpc) is 2.44. The number of esters is 2. The van der Waals surface area contributed by atoms with E-state index in [0.717, 1.165) is 6.92 Å². The second-order valence-electron chi connectivity index (χ2n) is 5.55. The first-order valence-corrected chi connectivity index (χ1v) is 7.02. The number of cyclic esters (lactones) is 1. The molecule has 130 valence electrons. The summed E-state index contributed by atoms with van der Waals surface area (Å²) in [7, 11) is 0. The quantitative estimate of drug-likeness (QED) is 0.399. The molecule has 2 heterocycles. The largest absolute Gasteiger partial charge is 0.452 e. The SMILES string of the molecule is CC(=O)N[C@H]1[C@H]2O[C@@](OC(C)=O)(C[C@@H]1O)C(=O)O[C@@H]2[C@H](O)CO. The summed E-state index contributed by atoms with van der Waals surface area (Å²) in [5, 5.41) is 31.6. The molecule has 10 nitrogen and oxygen atoms in total. The number of aliphatic hydroxyl groups excluding tert-OH is 3. The second-order valence-corrected chi connectivity index (χ2v) is 5.55. The Hall–Kier alpha value is -1.75. The van der Waals surface area contributed by atoms with Crippen molar-refractivity contribution in [2.24, 2.45) is 0 Å². The van der Waals surface area contributed by atoms with Crippen LogP contribution in [0.3, 0.4) is 0 Å². The number of amides is 1. The maximum atomic E-state index is 12.2. The van der Waals surface area contributed by atoms with Gasteiger partial charge >= 0.3 is 17.7 Å². The van der Waals surface area contributed by atoms with Crippen LogP contribution in [0.1, 0.15) is 20.3 Å². The second kappa shape index (κ2) is 6.40. The highest BCUT2D eigenvalue weighted by molar-refractivity contribution is 5.83. The van der Waals surface area contributed by atoms with Crippen molar-refractivity contribution in [1.29, 1.82) is 0 Å². The van der Waals surface area contributed by atoms with Gasteiger partial charge in [0.05, 0.1) is 25.2 Å². The molecule has 2 fully saturated rings. The first-order valence-electron chi connectivity index (χ1n) is 7.02. The zero-order valence-electron chi connectivity index (χ0n) is 12.6. The van der Waals surface area contributed by atoms with Crippen molar-refractivity contribution in [2.75, 3.05) is 6.61 Å². The summed E-state index contributed by atoms with van der Waals surface area (Å²) >= 11 is 0. The molecule has 0 aromatic rings. The molecule has 2 aliphatic heterocycles. The minimum Gasteiger partial charge on any atom is -0.452 e. The summed E-state index contributed by atoms with van der Waals surface area (Å²) in [5.74, 6) is -4.54. The van der Waals surface area contributed by atoms with Crippen molar-refractivity contribution in [3.63, 3.8) is 0 Å². The van der Waals surface area contributed by atoms with Crippen LogP contribution in [0.2, 0.25) is 0 Å². The van der Waals surface area contributed by atoms with Crippen LogP contribution >= 0.6 is 0 Å².